The van der Waals surface area contributed by atoms with Crippen molar-refractivity contribution in [3.8, 4) is 22.9 Å². The van der Waals surface area contributed by atoms with Crippen LogP contribution in [0.3, 0.4) is 0 Å². The highest BCUT2D eigenvalue weighted by atomic mass is 16.4. The van der Waals surface area contributed by atoms with Gasteiger partial charge < -0.3 is 8.83 Å². The predicted octanol–water partition coefficient (Wildman–Crippen LogP) is 7.51. The van der Waals surface area contributed by atoms with Crippen LogP contribution in [0.2, 0.25) is 0 Å². The fourth-order valence-corrected chi connectivity index (χ4v) is 4.25. The highest BCUT2D eigenvalue weighted by molar-refractivity contribution is 5.79. The first-order chi connectivity index (χ1) is 16.1. The largest absolute Gasteiger partial charge is 0.436 e. The number of rotatable bonds is 4. The highest BCUT2D eigenvalue weighted by Crippen LogP contribution is 2.29. The summed E-state index contributed by atoms with van der Waals surface area (Å²) < 4.78 is 12.2. The third-order valence-electron chi connectivity index (χ3n) is 6.06. The second-order valence-corrected chi connectivity index (χ2v) is 8.45. The van der Waals surface area contributed by atoms with Crippen LogP contribution in [0.1, 0.15) is 22.3 Å². The van der Waals surface area contributed by atoms with E-state index in [9.17, 15) is 0 Å². The number of hydrogen-bond donors (Lipinski definition) is 0. The molecule has 0 aliphatic carbocycles. The van der Waals surface area contributed by atoms with Crippen LogP contribution in [-0.4, -0.2) is 9.97 Å². The summed E-state index contributed by atoms with van der Waals surface area (Å²) in [4.78, 5) is 9.36. The van der Waals surface area contributed by atoms with Gasteiger partial charge in [0.05, 0.1) is 0 Å². The smallest absolute Gasteiger partial charge is 0.227 e. The van der Waals surface area contributed by atoms with E-state index in [1.54, 1.807) is 0 Å². The predicted molar refractivity (Wildman–Crippen MR) is 131 cm³/mol. The van der Waals surface area contributed by atoms with E-state index in [1.165, 1.54) is 0 Å². The van der Waals surface area contributed by atoms with Crippen LogP contribution in [-0.2, 0) is 6.42 Å². The lowest BCUT2D eigenvalue weighted by molar-refractivity contribution is 0.619. The molecule has 0 N–H and O–H groups in total. The molecule has 2 aromatic heterocycles. The molecule has 0 aliphatic rings. The van der Waals surface area contributed by atoms with Crippen LogP contribution in [0.4, 0.5) is 0 Å². The number of oxazole rings is 2. The van der Waals surface area contributed by atoms with Crippen molar-refractivity contribution in [3.63, 3.8) is 0 Å². The number of benzene rings is 4. The van der Waals surface area contributed by atoms with Crippen LogP contribution in [0.25, 0.3) is 45.1 Å². The van der Waals surface area contributed by atoms with E-state index in [-0.39, 0.29) is 0 Å². The summed E-state index contributed by atoms with van der Waals surface area (Å²) in [6, 6.07) is 28.7. The fraction of sp³-hybridized carbons (Fsp3) is 0.103. The Labute approximate surface area is 191 Å². The molecule has 2 heterocycles. The quantitative estimate of drug-likeness (QED) is 0.290. The molecule has 0 spiro atoms. The minimum Gasteiger partial charge on any atom is -0.436 e. The van der Waals surface area contributed by atoms with Crippen LogP contribution < -0.4 is 0 Å². The Morgan fingerprint density at radius 1 is 0.576 bits per heavy atom. The SMILES string of the molecule is Cc1ccccc1-c1nc2ccc(Cc3ccc4nc(-c5ccccc5C)oc4c3)cc2o1. The topological polar surface area (TPSA) is 52.1 Å². The maximum Gasteiger partial charge on any atom is 0.227 e. The average Bonchev–Trinajstić information content (AvgIpc) is 3.43. The molecule has 0 saturated carbocycles. The van der Waals surface area contributed by atoms with E-state index in [4.69, 9.17) is 8.83 Å². The van der Waals surface area contributed by atoms with Gasteiger partial charge in [-0.2, -0.15) is 0 Å². The number of aryl methyl sites for hydroxylation is 2. The summed E-state index contributed by atoms with van der Waals surface area (Å²) >= 11 is 0. The Balaban J connectivity index is 1.31. The van der Waals surface area contributed by atoms with Gasteiger partial charge >= 0.3 is 0 Å². The van der Waals surface area contributed by atoms with Gasteiger partial charge in [0.15, 0.2) is 11.2 Å². The van der Waals surface area contributed by atoms with Gasteiger partial charge in [0, 0.05) is 11.1 Å². The molecule has 6 rings (SSSR count). The summed E-state index contributed by atoms with van der Waals surface area (Å²) in [5.41, 5.74) is 9.99. The third-order valence-corrected chi connectivity index (χ3v) is 6.06. The Bertz CT molecular complexity index is 1500. The Morgan fingerprint density at radius 3 is 1.48 bits per heavy atom. The highest BCUT2D eigenvalue weighted by Gasteiger charge is 2.13. The molecule has 4 aromatic carbocycles. The minimum absolute atomic E-state index is 0.659. The Kier molecular flexibility index (Phi) is 4.58. The molecule has 4 heteroatoms. The van der Waals surface area contributed by atoms with E-state index in [1.807, 2.05) is 48.5 Å². The van der Waals surface area contributed by atoms with Gasteiger partial charge in [-0.05, 0) is 78.9 Å². The Hall–Kier alpha value is -4.18. The summed E-state index contributed by atoms with van der Waals surface area (Å²) in [6.45, 7) is 4.14. The number of fused-ring (bicyclic) bond motifs is 2. The monoisotopic (exact) mass is 430 g/mol. The van der Waals surface area contributed by atoms with Crippen molar-refractivity contribution in [1.29, 1.82) is 0 Å². The zero-order chi connectivity index (χ0) is 22.4. The maximum absolute atomic E-state index is 6.11. The molecular weight excluding hydrogens is 408 g/mol. The lowest BCUT2D eigenvalue weighted by Gasteiger charge is -2.01. The molecule has 160 valence electrons. The molecule has 0 aliphatic heterocycles. The van der Waals surface area contributed by atoms with Crippen LogP contribution in [0.5, 0.6) is 0 Å². The standard InChI is InChI=1S/C29H22N2O2/c1-18-7-3-5-9-22(18)28-30-24-13-11-20(16-26(24)32-28)15-21-12-14-25-27(17-21)33-29(31-25)23-10-6-4-8-19(23)2/h3-14,16-17H,15H2,1-2H3. The van der Waals surface area contributed by atoms with E-state index < -0.39 is 0 Å². The van der Waals surface area contributed by atoms with Gasteiger partial charge in [0.2, 0.25) is 11.8 Å². The summed E-state index contributed by atoms with van der Waals surface area (Å²) in [5, 5.41) is 0. The molecular formula is C29H22N2O2. The van der Waals surface area contributed by atoms with Crippen molar-refractivity contribution in [1.82, 2.24) is 9.97 Å². The van der Waals surface area contributed by atoms with Crippen molar-refractivity contribution in [2.45, 2.75) is 20.3 Å². The van der Waals surface area contributed by atoms with Crippen molar-refractivity contribution in [3.05, 3.63) is 107 Å². The molecule has 0 atom stereocenters. The minimum atomic E-state index is 0.659. The molecule has 0 unspecified atom stereocenters. The summed E-state index contributed by atoms with van der Waals surface area (Å²) in [5.74, 6) is 1.32. The fourth-order valence-electron chi connectivity index (χ4n) is 4.25. The van der Waals surface area contributed by atoms with Gasteiger partial charge in [-0.1, -0.05) is 48.5 Å². The first-order valence-corrected chi connectivity index (χ1v) is 11.0. The number of nitrogens with zero attached hydrogens (tertiary/aromatic N) is 2. The van der Waals surface area contributed by atoms with Crippen LogP contribution in [0, 0.1) is 13.8 Å². The molecule has 0 amide bonds. The molecule has 0 saturated heterocycles. The normalized spacial score (nSPS) is 11.5. The number of hydrogen-bond acceptors (Lipinski definition) is 4. The van der Waals surface area contributed by atoms with Crippen molar-refractivity contribution in [2.75, 3.05) is 0 Å². The first kappa shape index (κ1) is 19.5. The van der Waals surface area contributed by atoms with Crippen molar-refractivity contribution in [2.24, 2.45) is 0 Å². The van der Waals surface area contributed by atoms with Gasteiger partial charge in [-0.3, -0.25) is 0 Å². The summed E-state index contributed by atoms with van der Waals surface area (Å²) in [7, 11) is 0. The number of aromatic nitrogens is 2. The van der Waals surface area contributed by atoms with E-state index in [2.05, 4.69) is 60.2 Å². The molecule has 6 aromatic rings. The second kappa shape index (κ2) is 7.75. The third kappa shape index (κ3) is 3.60. The maximum atomic E-state index is 6.11. The second-order valence-electron chi connectivity index (χ2n) is 8.45. The summed E-state index contributed by atoms with van der Waals surface area (Å²) in [6.07, 6.45) is 0.771. The zero-order valence-electron chi connectivity index (χ0n) is 18.5. The van der Waals surface area contributed by atoms with Crippen LogP contribution >= 0.6 is 0 Å². The van der Waals surface area contributed by atoms with Gasteiger partial charge in [0.1, 0.15) is 11.0 Å². The lowest BCUT2D eigenvalue weighted by Crippen LogP contribution is -1.87. The average molecular weight is 431 g/mol. The zero-order valence-corrected chi connectivity index (χ0v) is 18.5. The molecule has 0 radical (unpaired) electrons. The van der Waals surface area contributed by atoms with Gasteiger partial charge in [0.25, 0.3) is 0 Å². The molecule has 33 heavy (non-hydrogen) atoms. The van der Waals surface area contributed by atoms with Crippen molar-refractivity contribution >= 4 is 22.2 Å². The lowest BCUT2D eigenvalue weighted by atomic mass is 10.0. The van der Waals surface area contributed by atoms with E-state index in [0.717, 1.165) is 62.0 Å². The molecule has 0 fully saturated rings. The van der Waals surface area contributed by atoms with Gasteiger partial charge in [-0.15, -0.1) is 0 Å². The van der Waals surface area contributed by atoms with E-state index >= 15 is 0 Å². The van der Waals surface area contributed by atoms with Crippen molar-refractivity contribution < 1.29 is 8.83 Å². The van der Waals surface area contributed by atoms with E-state index in [0.29, 0.717) is 11.8 Å². The first-order valence-electron chi connectivity index (χ1n) is 11.0. The molecule has 0 bridgehead atoms. The molecule has 4 nitrogen and oxygen atoms in total. The van der Waals surface area contributed by atoms with Crippen LogP contribution in [0.15, 0.2) is 93.8 Å². The van der Waals surface area contributed by atoms with Gasteiger partial charge in [-0.25, -0.2) is 9.97 Å². The Morgan fingerprint density at radius 2 is 1.03 bits per heavy atom.